The van der Waals surface area contributed by atoms with E-state index < -0.39 is 0 Å². The van der Waals surface area contributed by atoms with Crippen LogP contribution in [-0.4, -0.2) is 43.7 Å². The first-order chi connectivity index (χ1) is 10.7. The van der Waals surface area contributed by atoms with Gasteiger partial charge in [0.2, 0.25) is 0 Å². The second-order valence-corrected chi connectivity index (χ2v) is 7.38. The van der Waals surface area contributed by atoms with E-state index in [1.165, 1.54) is 64.6 Å². The van der Waals surface area contributed by atoms with Crippen molar-refractivity contribution in [1.82, 2.24) is 15.5 Å². The number of nitrogens with one attached hydrogen (secondary N) is 2. The third-order valence-corrected chi connectivity index (χ3v) is 5.24. The van der Waals surface area contributed by atoms with Gasteiger partial charge in [0, 0.05) is 19.6 Å². The van der Waals surface area contributed by atoms with E-state index >= 15 is 0 Å². The Balaban J connectivity index is 1.40. The van der Waals surface area contributed by atoms with Gasteiger partial charge >= 0.3 is 6.03 Å². The minimum Gasteiger partial charge on any atom is -0.338 e. The summed E-state index contributed by atoms with van der Waals surface area (Å²) in [7, 11) is 0. The zero-order valence-electron chi connectivity index (χ0n) is 14.4. The number of amides is 2. The number of carbonyl (C=O) groups excluding carboxylic acids is 1. The lowest BCUT2D eigenvalue weighted by atomic mass is 10.0. The molecule has 0 radical (unpaired) electrons. The number of carbonyl (C=O) groups is 1. The summed E-state index contributed by atoms with van der Waals surface area (Å²) in [6.07, 6.45) is 11.6. The van der Waals surface area contributed by atoms with E-state index in [0.717, 1.165) is 37.8 Å². The van der Waals surface area contributed by atoms with E-state index in [1.807, 2.05) is 0 Å². The molecule has 0 bridgehead atoms. The second kappa shape index (κ2) is 10.1. The summed E-state index contributed by atoms with van der Waals surface area (Å²) >= 11 is 0. The van der Waals surface area contributed by atoms with Crippen LogP contribution in [0.25, 0.3) is 0 Å². The molecule has 1 aliphatic carbocycles. The van der Waals surface area contributed by atoms with Gasteiger partial charge in [-0.15, -0.1) is 0 Å². The van der Waals surface area contributed by atoms with Crippen LogP contribution in [-0.2, 0) is 0 Å². The smallest absolute Gasteiger partial charge is 0.314 e. The number of likely N-dealkylation sites (tertiary alicyclic amines) is 1. The van der Waals surface area contributed by atoms with Crippen LogP contribution in [0.2, 0.25) is 0 Å². The van der Waals surface area contributed by atoms with Crippen LogP contribution >= 0.6 is 0 Å². The Morgan fingerprint density at radius 1 is 1.05 bits per heavy atom. The maximum absolute atomic E-state index is 11.7. The zero-order valence-corrected chi connectivity index (χ0v) is 14.4. The lowest BCUT2D eigenvalue weighted by Gasteiger charge is -2.30. The fourth-order valence-electron chi connectivity index (χ4n) is 3.90. The SMILES string of the molecule is CC1CCCN(CCCCNC(=O)NCCC2CCCC2)C1. The Bertz CT molecular complexity index is 315. The van der Waals surface area contributed by atoms with E-state index in [0.29, 0.717) is 0 Å². The van der Waals surface area contributed by atoms with Crippen molar-refractivity contribution in [3.63, 3.8) is 0 Å². The summed E-state index contributed by atoms with van der Waals surface area (Å²) in [6, 6.07) is 0.0181. The van der Waals surface area contributed by atoms with Gasteiger partial charge in [-0.05, 0) is 57.0 Å². The Morgan fingerprint density at radius 2 is 1.82 bits per heavy atom. The molecule has 0 aromatic carbocycles. The molecular formula is C18H35N3O. The first-order valence-corrected chi connectivity index (χ1v) is 9.48. The highest BCUT2D eigenvalue weighted by molar-refractivity contribution is 5.73. The number of urea groups is 1. The van der Waals surface area contributed by atoms with Gasteiger partial charge in [-0.1, -0.05) is 32.6 Å². The average Bonchev–Trinajstić information content (AvgIpc) is 3.00. The largest absolute Gasteiger partial charge is 0.338 e. The lowest BCUT2D eigenvalue weighted by molar-refractivity contribution is 0.181. The van der Waals surface area contributed by atoms with Crippen LogP contribution in [0.5, 0.6) is 0 Å². The number of piperidine rings is 1. The van der Waals surface area contributed by atoms with E-state index in [2.05, 4.69) is 22.5 Å². The highest BCUT2D eigenvalue weighted by Crippen LogP contribution is 2.26. The molecule has 2 fully saturated rings. The van der Waals surface area contributed by atoms with Crippen molar-refractivity contribution in [2.24, 2.45) is 11.8 Å². The third-order valence-electron chi connectivity index (χ3n) is 5.24. The van der Waals surface area contributed by atoms with Crippen molar-refractivity contribution in [3.05, 3.63) is 0 Å². The van der Waals surface area contributed by atoms with Crippen LogP contribution in [0.15, 0.2) is 0 Å². The van der Waals surface area contributed by atoms with Gasteiger partial charge in [-0.25, -0.2) is 4.79 Å². The van der Waals surface area contributed by atoms with Gasteiger partial charge in [0.1, 0.15) is 0 Å². The molecule has 2 rings (SSSR count). The maximum Gasteiger partial charge on any atom is 0.314 e. The summed E-state index contributed by atoms with van der Waals surface area (Å²) in [5.74, 6) is 1.71. The van der Waals surface area contributed by atoms with Crippen LogP contribution in [0, 0.1) is 11.8 Å². The number of unbranched alkanes of at least 4 members (excludes halogenated alkanes) is 1. The molecule has 0 aromatic rings. The highest BCUT2D eigenvalue weighted by atomic mass is 16.2. The molecule has 2 N–H and O–H groups in total. The highest BCUT2D eigenvalue weighted by Gasteiger charge is 2.16. The zero-order chi connectivity index (χ0) is 15.6. The molecule has 22 heavy (non-hydrogen) atoms. The van der Waals surface area contributed by atoms with Gasteiger partial charge in [-0.3, -0.25) is 0 Å². The standard InChI is InChI=1S/C18H35N3O/c1-16-7-6-14-21(15-16)13-5-4-11-19-18(22)20-12-10-17-8-2-3-9-17/h16-17H,2-15H2,1H3,(H2,19,20,22). The first-order valence-electron chi connectivity index (χ1n) is 9.48. The fourth-order valence-corrected chi connectivity index (χ4v) is 3.90. The van der Waals surface area contributed by atoms with Gasteiger partial charge in [0.05, 0.1) is 0 Å². The van der Waals surface area contributed by atoms with Gasteiger partial charge in [-0.2, -0.15) is 0 Å². The third kappa shape index (κ3) is 6.99. The molecule has 1 aliphatic heterocycles. The topological polar surface area (TPSA) is 44.4 Å². The maximum atomic E-state index is 11.7. The molecule has 1 unspecified atom stereocenters. The predicted molar refractivity (Wildman–Crippen MR) is 92.0 cm³/mol. The van der Waals surface area contributed by atoms with Crippen LogP contribution in [0.3, 0.4) is 0 Å². The number of rotatable bonds is 8. The summed E-state index contributed by atoms with van der Waals surface area (Å²) in [6.45, 7) is 7.70. The molecule has 4 heteroatoms. The summed E-state index contributed by atoms with van der Waals surface area (Å²) in [5, 5.41) is 5.98. The molecule has 1 saturated heterocycles. The number of hydrogen-bond donors (Lipinski definition) is 2. The fraction of sp³-hybridized carbons (Fsp3) is 0.944. The molecule has 2 aliphatic rings. The summed E-state index contributed by atoms with van der Waals surface area (Å²) in [4.78, 5) is 14.3. The van der Waals surface area contributed by atoms with Crippen molar-refractivity contribution in [1.29, 1.82) is 0 Å². The van der Waals surface area contributed by atoms with Gasteiger partial charge in [0.25, 0.3) is 0 Å². The van der Waals surface area contributed by atoms with E-state index in [1.54, 1.807) is 0 Å². The summed E-state index contributed by atoms with van der Waals surface area (Å²) < 4.78 is 0. The van der Waals surface area contributed by atoms with Crippen LogP contribution < -0.4 is 10.6 Å². The molecule has 1 heterocycles. The van der Waals surface area contributed by atoms with E-state index in [-0.39, 0.29) is 6.03 Å². The minimum absolute atomic E-state index is 0.0181. The van der Waals surface area contributed by atoms with Crippen LogP contribution in [0.1, 0.15) is 64.7 Å². The summed E-state index contributed by atoms with van der Waals surface area (Å²) in [5.41, 5.74) is 0. The molecule has 4 nitrogen and oxygen atoms in total. The Hall–Kier alpha value is -0.770. The predicted octanol–water partition coefficient (Wildman–Crippen LogP) is 3.38. The Kier molecular flexibility index (Phi) is 8.06. The minimum atomic E-state index is 0.0181. The van der Waals surface area contributed by atoms with E-state index in [9.17, 15) is 4.79 Å². The first kappa shape index (κ1) is 17.6. The molecule has 1 atom stereocenters. The average molecular weight is 309 g/mol. The van der Waals surface area contributed by atoms with Crippen molar-refractivity contribution < 1.29 is 4.79 Å². The van der Waals surface area contributed by atoms with Crippen molar-refractivity contribution in [2.75, 3.05) is 32.7 Å². The number of nitrogens with zero attached hydrogens (tertiary/aromatic N) is 1. The molecule has 1 saturated carbocycles. The van der Waals surface area contributed by atoms with Gasteiger partial charge in [0.15, 0.2) is 0 Å². The normalized spacial score (nSPS) is 23.6. The Morgan fingerprint density at radius 3 is 2.59 bits per heavy atom. The van der Waals surface area contributed by atoms with Crippen molar-refractivity contribution >= 4 is 6.03 Å². The molecule has 0 aromatic heterocycles. The molecular weight excluding hydrogens is 274 g/mol. The second-order valence-electron chi connectivity index (χ2n) is 7.38. The monoisotopic (exact) mass is 309 g/mol. The van der Waals surface area contributed by atoms with Crippen LogP contribution in [0.4, 0.5) is 4.79 Å². The van der Waals surface area contributed by atoms with Crippen molar-refractivity contribution in [3.8, 4) is 0 Å². The number of hydrogen-bond acceptors (Lipinski definition) is 2. The lowest BCUT2D eigenvalue weighted by Crippen LogP contribution is -2.37. The molecule has 0 spiro atoms. The molecule has 128 valence electrons. The Labute approximate surface area is 136 Å². The quantitative estimate of drug-likeness (QED) is 0.675. The van der Waals surface area contributed by atoms with Crippen molar-refractivity contribution in [2.45, 2.75) is 64.7 Å². The molecule has 2 amide bonds. The van der Waals surface area contributed by atoms with E-state index in [4.69, 9.17) is 0 Å². The van der Waals surface area contributed by atoms with Gasteiger partial charge < -0.3 is 15.5 Å².